The molecular formula is C10H14BrNO4S2. The SMILES string of the molecule is COC(=O)C(NS(=O)(=O)c1sccc1Br)C(C)C. The van der Waals surface area contributed by atoms with Gasteiger partial charge in [0.25, 0.3) is 10.0 Å². The van der Waals surface area contributed by atoms with Gasteiger partial charge in [-0.1, -0.05) is 13.8 Å². The maximum absolute atomic E-state index is 12.1. The number of hydrogen-bond acceptors (Lipinski definition) is 5. The molecule has 0 fully saturated rings. The van der Waals surface area contributed by atoms with Crippen molar-refractivity contribution in [2.45, 2.75) is 24.1 Å². The van der Waals surface area contributed by atoms with Crippen LogP contribution in [0.1, 0.15) is 13.8 Å². The van der Waals surface area contributed by atoms with Gasteiger partial charge in [-0.25, -0.2) is 8.42 Å². The van der Waals surface area contributed by atoms with E-state index >= 15 is 0 Å². The lowest BCUT2D eigenvalue weighted by molar-refractivity contribution is -0.143. The molecule has 0 radical (unpaired) electrons. The molecule has 1 aromatic rings. The monoisotopic (exact) mass is 355 g/mol. The summed E-state index contributed by atoms with van der Waals surface area (Å²) >= 11 is 4.24. The van der Waals surface area contributed by atoms with Crippen LogP contribution in [0.3, 0.4) is 0 Å². The molecule has 5 nitrogen and oxygen atoms in total. The van der Waals surface area contributed by atoms with E-state index in [2.05, 4.69) is 25.4 Å². The largest absolute Gasteiger partial charge is 0.468 e. The molecule has 1 rings (SSSR count). The third-order valence-electron chi connectivity index (χ3n) is 2.23. The van der Waals surface area contributed by atoms with Gasteiger partial charge >= 0.3 is 5.97 Å². The summed E-state index contributed by atoms with van der Waals surface area (Å²) in [6.07, 6.45) is 0. The van der Waals surface area contributed by atoms with Crippen molar-refractivity contribution >= 4 is 43.3 Å². The van der Waals surface area contributed by atoms with E-state index in [1.807, 2.05) is 0 Å². The third kappa shape index (κ3) is 3.53. The summed E-state index contributed by atoms with van der Waals surface area (Å²) in [7, 11) is -2.50. The van der Waals surface area contributed by atoms with E-state index in [9.17, 15) is 13.2 Å². The zero-order chi connectivity index (χ0) is 13.9. The van der Waals surface area contributed by atoms with Crippen molar-refractivity contribution in [1.29, 1.82) is 0 Å². The second kappa shape index (κ2) is 6.14. The highest BCUT2D eigenvalue weighted by atomic mass is 79.9. The molecule has 0 saturated heterocycles. The molecule has 1 N–H and O–H groups in total. The van der Waals surface area contributed by atoms with Crippen LogP contribution in [0, 0.1) is 5.92 Å². The summed E-state index contributed by atoms with van der Waals surface area (Å²) in [5, 5.41) is 1.65. The van der Waals surface area contributed by atoms with Gasteiger partial charge in [0.05, 0.1) is 7.11 Å². The second-order valence-corrected chi connectivity index (χ2v) is 7.60. The zero-order valence-electron chi connectivity index (χ0n) is 10.1. The van der Waals surface area contributed by atoms with E-state index in [0.29, 0.717) is 4.47 Å². The van der Waals surface area contributed by atoms with Crippen LogP contribution in [0.2, 0.25) is 0 Å². The van der Waals surface area contributed by atoms with Gasteiger partial charge in [-0.3, -0.25) is 4.79 Å². The maximum Gasteiger partial charge on any atom is 0.324 e. The van der Waals surface area contributed by atoms with Gasteiger partial charge in [0, 0.05) is 4.47 Å². The molecule has 18 heavy (non-hydrogen) atoms. The van der Waals surface area contributed by atoms with Crippen molar-refractivity contribution in [3.05, 3.63) is 15.9 Å². The Balaban J connectivity index is 3.01. The quantitative estimate of drug-likeness (QED) is 0.819. The van der Waals surface area contributed by atoms with E-state index in [1.165, 1.54) is 7.11 Å². The Kier molecular flexibility index (Phi) is 5.32. The van der Waals surface area contributed by atoms with Crippen molar-refractivity contribution in [3.8, 4) is 0 Å². The molecule has 102 valence electrons. The van der Waals surface area contributed by atoms with Crippen LogP contribution in [0.15, 0.2) is 20.1 Å². The van der Waals surface area contributed by atoms with Crippen LogP contribution >= 0.6 is 27.3 Å². The van der Waals surface area contributed by atoms with Crippen LogP contribution in [0.5, 0.6) is 0 Å². The first-order chi connectivity index (χ1) is 8.29. The first-order valence-corrected chi connectivity index (χ1v) is 8.28. The number of halogens is 1. The fourth-order valence-electron chi connectivity index (χ4n) is 1.28. The van der Waals surface area contributed by atoms with Gasteiger partial charge in [-0.2, -0.15) is 4.72 Å². The number of sulfonamides is 1. The topological polar surface area (TPSA) is 72.5 Å². The average molecular weight is 356 g/mol. The molecule has 8 heteroatoms. The third-order valence-corrected chi connectivity index (χ3v) is 6.34. The normalized spacial score (nSPS) is 13.6. The number of carbonyl (C=O) groups is 1. The lowest BCUT2D eigenvalue weighted by atomic mass is 10.1. The minimum absolute atomic E-state index is 0.150. The lowest BCUT2D eigenvalue weighted by Crippen LogP contribution is -2.44. The summed E-state index contributed by atoms with van der Waals surface area (Å²) in [5.74, 6) is -0.799. The van der Waals surface area contributed by atoms with Crippen LogP contribution in [0.4, 0.5) is 0 Å². The highest BCUT2D eigenvalue weighted by Gasteiger charge is 2.30. The van der Waals surface area contributed by atoms with E-state index < -0.39 is 22.0 Å². The summed E-state index contributed by atoms with van der Waals surface area (Å²) in [6, 6.07) is 0.746. The smallest absolute Gasteiger partial charge is 0.324 e. The number of thiophene rings is 1. The molecule has 1 unspecified atom stereocenters. The molecule has 0 aliphatic carbocycles. The Hall–Kier alpha value is -0.440. The van der Waals surface area contributed by atoms with Gasteiger partial charge in [0.1, 0.15) is 10.3 Å². The molecule has 0 amide bonds. The highest BCUT2D eigenvalue weighted by Crippen LogP contribution is 2.27. The van der Waals surface area contributed by atoms with Gasteiger partial charge in [0.2, 0.25) is 0 Å². The van der Waals surface area contributed by atoms with Gasteiger partial charge in [-0.15, -0.1) is 11.3 Å². The molecule has 1 aromatic heterocycles. The minimum atomic E-state index is -3.73. The lowest BCUT2D eigenvalue weighted by Gasteiger charge is -2.19. The fourth-order valence-corrected chi connectivity index (χ4v) is 4.96. The van der Waals surface area contributed by atoms with E-state index in [-0.39, 0.29) is 10.1 Å². The number of rotatable bonds is 5. The summed E-state index contributed by atoms with van der Waals surface area (Å²) in [6.45, 7) is 3.49. The van der Waals surface area contributed by atoms with Gasteiger partial charge < -0.3 is 4.74 Å². The molecule has 0 saturated carbocycles. The highest BCUT2D eigenvalue weighted by molar-refractivity contribution is 9.10. The van der Waals surface area contributed by atoms with Crippen LogP contribution in [-0.4, -0.2) is 27.5 Å². The first-order valence-electron chi connectivity index (χ1n) is 5.12. The Morgan fingerprint density at radius 3 is 2.50 bits per heavy atom. The average Bonchev–Trinajstić information content (AvgIpc) is 2.72. The zero-order valence-corrected chi connectivity index (χ0v) is 13.4. The predicted molar refractivity (Wildman–Crippen MR) is 73.0 cm³/mol. The van der Waals surface area contributed by atoms with Crippen molar-refractivity contribution in [3.63, 3.8) is 0 Å². The Bertz CT molecular complexity index is 524. The van der Waals surface area contributed by atoms with Gasteiger partial charge in [-0.05, 0) is 33.3 Å². The van der Waals surface area contributed by atoms with Gasteiger partial charge in [0.15, 0.2) is 0 Å². The Labute approximate surface area is 119 Å². The van der Waals surface area contributed by atoms with E-state index in [1.54, 1.807) is 25.3 Å². The predicted octanol–water partition coefficient (Wildman–Crippen LogP) is 1.99. The van der Waals surface area contributed by atoms with Crippen molar-refractivity contribution < 1.29 is 17.9 Å². The number of esters is 1. The van der Waals surface area contributed by atoms with Crippen LogP contribution in [-0.2, 0) is 19.6 Å². The second-order valence-electron chi connectivity index (χ2n) is 3.92. The Morgan fingerprint density at radius 2 is 2.11 bits per heavy atom. The number of nitrogens with one attached hydrogen (secondary N) is 1. The summed E-state index contributed by atoms with van der Waals surface area (Å²) in [4.78, 5) is 11.5. The van der Waals surface area contributed by atoms with Crippen molar-refractivity contribution in [2.24, 2.45) is 5.92 Å². The molecular weight excluding hydrogens is 342 g/mol. The minimum Gasteiger partial charge on any atom is -0.468 e. The van der Waals surface area contributed by atoms with Crippen molar-refractivity contribution in [1.82, 2.24) is 4.72 Å². The number of carbonyl (C=O) groups excluding carboxylic acids is 1. The summed E-state index contributed by atoms with van der Waals surface area (Å²) < 4.78 is 31.8. The molecule has 1 atom stereocenters. The molecule has 0 bridgehead atoms. The maximum atomic E-state index is 12.1. The fraction of sp³-hybridized carbons (Fsp3) is 0.500. The first kappa shape index (κ1) is 15.6. The molecule has 0 spiro atoms. The van der Waals surface area contributed by atoms with Crippen LogP contribution < -0.4 is 4.72 Å². The number of hydrogen-bond donors (Lipinski definition) is 1. The molecule has 0 aliphatic heterocycles. The molecule has 0 aromatic carbocycles. The van der Waals surface area contributed by atoms with E-state index in [0.717, 1.165) is 11.3 Å². The van der Waals surface area contributed by atoms with Crippen molar-refractivity contribution in [2.75, 3.05) is 7.11 Å². The van der Waals surface area contributed by atoms with E-state index in [4.69, 9.17) is 0 Å². The summed E-state index contributed by atoms with van der Waals surface area (Å²) in [5.41, 5.74) is 0. The number of methoxy groups -OCH3 is 1. The Morgan fingerprint density at radius 1 is 1.50 bits per heavy atom. The standard InChI is InChI=1S/C10H14BrNO4S2/c1-6(2)8(9(13)16-3)12-18(14,15)10-7(11)4-5-17-10/h4-6,8,12H,1-3H3. The number of ether oxygens (including phenoxy) is 1. The molecule has 1 heterocycles. The van der Waals surface area contributed by atoms with Crippen LogP contribution in [0.25, 0.3) is 0 Å². The molecule has 0 aliphatic rings.